The number of aromatic nitrogens is 1. The number of halogens is 1. The van der Waals surface area contributed by atoms with Crippen molar-refractivity contribution in [3.05, 3.63) is 46.2 Å². The van der Waals surface area contributed by atoms with Crippen LogP contribution in [0.15, 0.2) is 34.9 Å². The third-order valence-electron chi connectivity index (χ3n) is 3.04. The SMILES string of the molecule is CCn1cc(Br)cc1C(=O)Nc1cc(C)ccc1OC. The first-order valence-electron chi connectivity index (χ1n) is 6.36. The highest BCUT2D eigenvalue weighted by Crippen LogP contribution is 2.26. The summed E-state index contributed by atoms with van der Waals surface area (Å²) in [4.78, 5) is 12.4. The summed E-state index contributed by atoms with van der Waals surface area (Å²) in [6.45, 7) is 4.70. The van der Waals surface area contributed by atoms with E-state index in [1.807, 2.05) is 42.8 Å². The lowest BCUT2D eigenvalue weighted by Crippen LogP contribution is -2.16. The molecule has 0 spiro atoms. The molecule has 0 aliphatic heterocycles. The second-order valence-electron chi connectivity index (χ2n) is 4.49. The molecule has 0 unspecified atom stereocenters. The van der Waals surface area contributed by atoms with Crippen LogP contribution >= 0.6 is 15.9 Å². The second kappa shape index (κ2) is 6.13. The third-order valence-corrected chi connectivity index (χ3v) is 3.47. The molecule has 2 rings (SSSR count). The van der Waals surface area contributed by atoms with Crippen molar-refractivity contribution in [1.29, 1.82) is 0 Å². The lowest BCUT2D eigenvalue weighted by atomic mass is 10.2. The van der Waals surface area contributed by atoms with Crippen LogP contribution in [0.5, 0.6) is 5.75 Å². The number of anilines is 1. The summed E-state index contributed by atoms with van der Waals surface area (Å²) in [5, 5.41) is 2.90. The molecule has 1 aromatic carbocycles. The third kappa shape index (κ3) is 3.04. The van der Waals surface area contributed by atoms with Crippen LogP contribution in [0.3, 0.4) is 0 Å². The average molecular weight is 337 g/mol. The average Bonchev–Trinajstić information content (AvgIpc) is 2.80. The van der Waals surface area contributed by atoms with Crippen molar-refractivity contribution in [1.82, 2.24) is 4.57 Å². The van der Waals surface area contributed by atoms with Crippen LogP contribution in [0.25, 0.3) is 0 Å². The van der Waals surface area contributed by atoms with Crippen LogP contribution in [0.1, 0.15) is 23.0 Å². The fourth-order valence-corrected chi connectivity index (χ4v) is 2.50. The van der Waals surface area contributed by atoms with E-state index in [-0.39, 0.29) is 5.91 Å². The number of benzene rings is 1. The van der Waals surface area contributed by atoms with E-state index in [0.717, 1.165) is 16.6 Å². The molecular formula is C15H17BrN2O2. The molecule has 0 saturated carbocycles. The maximum absolute atomic E-state index is 12.4. The van der Waals surface area contributed by atoms with Crippen molar-refractivity contribution in [2.75, 3.05) is 12.4 Å². The molecule has 0 aliphatic carbocycles. The Hall–Kier alpha value is -1.75. The van der Waals surface area contributed by atoms with Gasteiger partial charge in [-0.05, 0) is 53.5 Å². The number of carbonyl (C=O) groups excluding carboxylic acids is 1. The van der Waals surface area contributed by atoms with E-state index in [1.54, 1.807) is 13.2 Å². The lowest BCUT2D eigenvalue weighted by molar-refractivity contribution is 0.101. The Morgan fingerprint density at radius 2 is 2.15 bits per heavy atom. The quantitative estimate of drug-likeness (QED) is 0.921. The number of hydrogen-bond acceptors (Lipinski definition) is 2. The first kappa shape index (κ1) is 14.7. The zero-order valence-electron chi connectivity index (χ0n) is 11.7. The highest BCUT2D eigenvalue weighted by molar-refractivity contribution is 9.10. The molecule has 1 N–H and O–H groups in total. The van der Waals surface area contributed by atoms with E-state index in [2.05, 4.69) is 21.2 Å². The lowest BCUT2D eigenvalue weighted by Gasteiger charge is -2.12. The summed E-state index contributed by atoms with van der Waals surface area (Å²) >= 11 is 3.39. The standard InChI is InChI=1S/C15H17BrN2O2/c1-4-18-9-11(16)8-13(18)15(19)17-12-7-10(2)5-6-14(12)20-3/h5-9H,4H2,1-3H3,(H,17,19). The molecule has 106 valence electrons. The Kier molecular flexibility index (Phi) is 4.49. The van der Waals surface area contributed by atoms with Gasteiger partial charge in [0.1, 0.15) is 11.4 Å². The zero-order chi connectivity index (χ0) is 14.7. The molecule has 2 aromatic rings. The fourth-order valence-electron chi connectivity index (χ4n) is 2.03. The Morgan fingerprint density at radius 1 is 1.40 bits per heavy atom. The predicted molar refractivity (Wildman–Crippen MR) is 83.5 cm³/mol. The van der Waals surface area contributed by atoms with Crippen LogP contribution in [-0.4, -0.2) is 17.6 Å². The number of carbonyl (C=O) groups is 1. The first-order valence-corrected chi connectivity index (χ1v) is 7.16. The van der Waals surface area contributed by atoms with Gasteiger partial charge in [-0.1, -0.05) is 6.07 Å². The smallest absolute Gasteiger partial charge is 0.272 e. The van der Waals surface area contributed by atoms with E-state index < -0.39 is 0 Å². The number of nitrogens with one attached hydrogen (secondary N) is 1. The van der Waals surface area contributed by atoms with Gasteiger partial charge in [0.05, 0.1) is 12.8 Å². The zero-order valence-corrected chi connectivity index (χ0v) is 13.3. The Morgan fingerprint density at radius 3 is 2.80 bits per heavy atom. The maximum atomic E-state index is 12.4. The summed E-state index contributed by atoms with van der Waals surface area (Å²) in [5.74, 6) is 0.499. The van der Waals surface area contributed by atoms with Crippen LogP contribution in [0.4, 0.5) is 5.69 Å². The molecule has 1 amide bonds. The Bertz CT molecular complexity index is 635. The molecule has 1 heterocycles. The Balaban J connectivity index is 2.29. The van der Waals surface area contributed by atoms with Gasteiger partial charge in [0.25, 0.3) is 5.91 Å². The first-order chi connectivity index (χ1) is 9.55. The topological polar surface area (TPSA) is 43.3 Å². The van der Waals surface area contributed by atoms with Crippen molar-refractivity contribution >= 4 is 27.5 Å². The largest absolute Gasteiger partial charge is 0.495 e. The maximum Gasteiger partial charge on any atom is 0.272 e. The molecule has 20 heavy (non-hydrogen) atoms. The fraction of sp³-hybridized carbons (Fsp3) is 0.267. The van der Waals surface area contributed by atoms with Gasteiger partial charge in [-0.3, -0.25) is 4.79 Å². The van der Waals surface area contributed by atoms with Crippen molar-refractivity contribution in [3.63, 3.8) is 0 Å². The number of aryl methyl sites for hydroxylation is 2. The molecule has 0 bridgehead atoms. The van der Waals surface area contributed by atoms with Crippen LogP contribution in [0, 0.1) is 6.92 Å². The number of methoxy groups -OCH3 is 1. The van der Waals surface area contributed by atoms with Crippen molar-refractivity contribution in [2.24, 2.45) is 0 Å². The number of amides is 1. The molecule has 0 aliphatic rings. The second-order valence-corrected chi connectivity index (χ2v) is 5.40. The number of hydrogen-bond donors (Lipinski definition) is 1. The van der Waals surface area contributed by atoms with Crippen LogP contribution < -0.4 is 10.1 Å². The highest BCUT2D eigenvalue weighted by Gasteiger charge is 2.14. The highest BCUT2D eigenvalue weighted by atomic mass is 79.9. The van der Waals surface area contributed by atoms with E-state index in [9.17, 15) is 4.79 Å². The van der Waals surface area contributed by atoms with Gasteiger partial charge < -0.3 is 14.6 Å². The van der Waals surface area contributed by atoms with Crippen molar-refractivity contribution in [3.8, 4) is 5.75 Å². The molecule has 4 nitrogen and oxygen atoms in total. The van der Waals surface area contributed by atoms with Gasteiger partial charge in [0.2, 0.25) is 0 Å². The van der Waals surface area contributed by atoms with Gasteiger partial charge >= 0.3 is 0 Å². The van der Waals surface area contributed by atoms with E-state index >= 15 is 0 Å². The molecule has 0 saturated heterocycles. The molecule has 5 heteroatoms. The van der Waals surface area contributed by atoms with Gasteiger partial charge in [-0.25, -0.2) is 0 Å². The number of rotatable bonds is 4. The van der Waals surface area contributed by atoms with Crippen molar-refractivity contribution in [2.45, 2.75) is 20.4 Å². The number of ether oxygens (including phenoxy) is 1. The predicted octanol–water partition coefficient (Wildman–Crippen LogP) is 3.84. The monoisotopic (exact) mass is 336 g/mol. The van der Waals surface area contributed by atoms with Gasteiger partial charge in [-0.2, -0.15) is 0 Å². The van der Waals surface area contributed by atoms with Crippen LogP contribution in [-0.2, 0) is 6.54 Å². The van der Waals surface area contributed by atoms with E-state index in [1.165, 1.54) is 0 Å². The summed E-state index contributed by atoms with van der Waals surface area (Å²) < 4.78 is 8.05. The molecule has 0 radical (unpaired) electrons. The van der Waals surface area contributed by atoms with Gasteiger partial charge in [-0.15, -0.1) is 0 Å². The summed E-state index contributed by atoms with van der Waals surface area (Å²) in [5.41, 5.74) is 2.36. The molecule has 0 atom stereocenters. The summed E-state index contributed by atoms with van der Waals surface area (Å²) in [7, 11) is 1.59. The normalized spacial score (nSPS) is 10.4. The van der Waals surface area contributed by atoms with E-state index in [0.29, 0.717) is 17.1 Å². The molecule has 0 fully saturated rings. The Labute approximate surface area is 126 Å². The van der Waals surface area contributed by atoms with Crippen LogP contribution in [0.2, 0.25) is 0 Å². The molecule has 1 aromatic heterocycles. The van der Waals surface area contributed by atoms with E-state index in [4.69, 9.17) is 4.74 Å². The summed E-state index contributed by atoms with van der Waals surface area (Å²) in [6.07, 6.45) is 1.89. The minimum Gasteiger partial charge on any atom is -0.495 e. The minimum absolute atomic E-state index is 0.151. The molecular weight excluding hydrogens is 320 g/mol. The number of nitrogens with zero attached hydrogens (tertiary/aromatic N) is 1. The van der Waals surface area contributed by atoms with Gasteiger partial charge in [0, 0.05) is 17.2 Å². The van der Waals surface area contributed by atoms with Gasteiger partial charge in [0.15, 0.2) is 0 Å². The minimum atomic E-state index is -0.151. The summed E-state index contributed by atoms with van der Waals surface area (Å²) in [6, 6.07) is 7.49. The van der Waals surface area contributed by atoms with Crippen molar-refractivity contribution < 1.29 is 9.53 Å².